The number of carboxylic acids is 1. The molecule has 0 saturated heterocycles. The van der Waals surface area contributed by atoms with Crippen LogP contribution in [0.15, 0.2) is 0 Å². The van der Waals surface area contributed by atoms with Gasteiger partial charge in [0.2, 0.25) is 15.9 Å². The van der Waals surface area contributed by atoms with Crippen molar-refractivity contribution in [2.24, 2.45) is 5.73 Å². The molecule has 18 heavy (non-hydrogen) atoms. The molecule has 0 radical (unpaired) electrons. The second kappa shape index (κ2) is 8.01. The molecule has 1 amide bonds. The van der Waals surface area contributed by atoms with Crippen molar-refractivity contribution in [1.29, 1.82) is 0 Å². The Labute approximate surface area is 106 Å². The summed E-state index contributed by atoms with van der Waals surface area (Å²) in [5.41, 5.74) is 4.87. The molecule has 0 fully saturated rings. The fraction of sp³-hybridized carbons (Fsp3) is 0.778. The summed E-state index contributed by atoms with van der Waals surface area (Å²) in [6.07, 6.45) is -0.385. The van der Waals surface area contributed by atoms with E-state index in [2.05, 4.69) is 0 Å². The molecule has 0 bridgehead atoms. The summed E-state index contributed by atoms with van der Waals surface area (Å²) in [5, 5.41) is 8.81. The lowest BCUT2D eigenvalue weighted by molar-refractivity contribution is -0.139. The minimum atomic E-state index is -3.75. The number of carboxylic acid groups (broad SMARTS) is 1. The minimum absolute atomic E-state index is 0.0198. The zero-order chi connectivity index (χ0) is 14.2. The maximum absolute atomic E-state index is 11.5. The van der Waals surface area contributed by atoms with E-state index in [0.29, 0.717) is 6.61 Å². The van der Waals surface area contributed by atoms with Crippen LogP contribution in [-0.2, 0) is 24.3 Å². The molecule has 0 heterocycles. The van der Waals surface area contributed by atoms with Gasteiger partial charge < -0.3 is 15.6 Å². The lowest BCUT2D eigenvalue weighted by atomic mass is 10.2. The number of hydrogen-bond donors (Lipinski definition) is 3. The number of primary amides is 1. The maximum Gasteiger partial charge on any atom is 0.321 e. The SMILES string of the molecule is CCOCCS(=O)(=O)N[C@H](CCC(N)=O)C(=O)O. The average molecular weight is 282 g/mol. The fourth-order valence-electron chi connectivity index (χ4n) is 1.11. The number of hydrogen-bond acceptors (Lipinski definition) is 5. The van der Waals surface area contributed by atoms with Crippen LogP contribution in [0.5, 0.6) is 0 Å². The van der Waals surface area contributed by atoms with E-state index in [1.54, 1.807) is 6.92 Å². The predicted octanol–water partition coefficient (Wildman–Crippen LogP) is -1.34. The van der Waals surface area contributed by atoms with E-state index in [4.69, 9.17) is 15.6 Å². The van der Waals surface area contributed by atoms with E-state index in [9.17, 15) is 18.0 Å². The van der Waals surface area contributed by atoms with E-state index >= 15 is 0 Å². The topological polar surface area (TPSA) is 136 Å². The highest BCUT2D eigenvalue weighted by Crippen LogP contribution is 2.00. The fourth-order valence-corrected chi connectivity index (χ4v) is 2.22. The summed E-state index contributed by atoms with van der Waals surface area (Å²) < 4.78 is 29.8. The van der Waals surface area contributed by atoms with Gasteiger partial charge in [-0.1, -0.05) is 0 Å². The van der Waals surface area contributed by atoms with Gasteiger partial charge in [-0.15, -0.1) is 0 Å². The molecule has 0 aliphatic heterocycles. The van der Waals surface area contributed by atoms with E-state index in [1.165, 1.54) is 0 Å². The van der Waals surface area contributed by atoms with Gasteiger partial charge in [-0.2, -0.15) is 0 Å². The molecule has 9 heteroatoms. The van der Waals surface area contributed by atoms with Crippen LogP contribution in [-0.4, -0.2) is 50.4 Å². The third-order valence-electron chi connectivity index (χ3n) is 2.00. The molecule has 106 valence electrons. The van der Waals surface area contributed by atoms with E-state index in [-0.39, 0.29) is 25.2 Å². The average Bonchev–Trinajstić information content (AvgIpc) is 2.23. The van der Waals surface area contributed by atoms with Crippen LogP contribution in [0.3, 0.4) is 0 Å². The van der Waals surface area contributed by atoms with Gasteiger partial charge in [-0.25, -0.2) is 13.1 Å². The monoisotopic (exact) mass is 282 g/mol. The molecule has 0 aliphatic rings. The zero-order valence-corrected chi connectivity index (χ0v) is 10.9. The van der Waals surface area contributed by atoms with Crippen molar-refractivity contribution >= 4 is 21.9 Å². The smallest absolute Gasteiger partial charge is 0.321 e. The van der Waals surface area contributed by atoms with Gasteiger partial charge in [-0.05, 0) is 13.3 Å². The zero-order valence-electron chi connectivity index (χ0n) is 10.1. The lowest BCUT2D eigenvalue weighted by Gasteiger charge is -2.13. The first-order valence-electron chi connectivity index (χ1n) is 5.37. The summed E-state index contributed by atoms with van der Waals surface area (Å²) in [4.78, 5) is 21.3. The second-order valence-electron chi connectivity index (χ2n) is 3.53. The summed E-state index contributed by atoms with van der Waals surface area (Å²) in [7, 11) is -3.75. The number of carbonyl (C=O) groups excluding carboxylic acids is 1. The van der Waals surface area contributed by atoms with Crippen molar-refractivity contribution in [3.8, 4) is 0 Å². The largest absolute Gasteiger partial charge is 0.480 e. The number of amides is 1. The van der Waals surface area contributed by atoms with Crippen LogP contribution >= 0.6 is 0 Å². The molecule has 0 aromatic heterocycles. The molecule has 0 rings (SSSR count). The summed E-state index contributed by atoms with van der Waals surface area (Å²) in [6.45, 7) is 2.07. The van der Waals surface area contributed by atoms with E-state index in [1.807, 2.05) is 4.72 Å². The first-order chi connectivity index (χ1) is 8.28. The van der Waals surface area contributed by atoms with E-state index < -0.39 is 27.9 Å². The van der Waals surface area contributed by atoms with Crippen LogP contribution in [0.25, 0.3) is 0 Å². The molecule has 0 aromatic carbocycles. The predicted molar refractivity (Wildman–Crippen MR) is 63.3 cm³/mol. The highest BCUT2D eigenvalue weighted by molar-refractivity contribution is 7.89. The van der Waals surface area contributed by atoms with Gasteiger partial charge in [0.15, 0.2) is 0 Å². The Morgan fingerprint density at radius 2 is 2.06 bits per heavy atom. The molecule has 0 unspecified atom stereocenters. The Kier molecular flexibility index (Phi) is 7.48. The molecular weight excluding hydrogens is 264 g/mol. The molecular formula is C9H18N2O6S. The first kappa shape index (κ1) is 16.8. The number of sulfonamides is 1. The van der Waals surface area contributed by atoms with Crippen LogP contribution in [0.1, 0.15) is 19.8 Å². The first-order valence-corrected chi connectivity index (χ1v) is 7.02. The normalized spacial score (nSPS) is 13.2. The summed E-state index contributed by atoms with van der Waals surface area (Å²) in [5.74, 6) is -2.37. The highest BCUT2D eigenvalue weighted by Gasteiger charge is 2.24. The Hall–Kier alpha value is -1.19. The molecule has 4 N–H and O–H groups in total. The Morgan fingerprint density at radius 3 is 2.50 bits per heavy atom. The van der Waals surface area contributed by atoms with E-state index in [0.717, 1.165) is 0 Å². The molecule has 0 spiro atoms. The van der Waals surface area contributed by atoms with Crippen molar-refractivity contribution in [2.45, 2.75) is 25.8 Å². The van der Waals surface area contributed by atoms with Crippen molar-refractivity contribution in [1.82, 2.24) is 4.72 Å². The summed E-state index contributed by atoms with van der Waals surface area (Å²) >= 11 is 0. The quantitative estimate of drug-likeness (QED) is 0.424. The Balaban J connectivity index is 4.38. The maximum atomic E-state index is 11.5. The van der Waals surface area contributed by atoms with Crippen LogP contribution < -0.4 is 10.5 Å². The van der Waals surface area contributed by atoms with Gasteiger partial charge in [0, 0.05) is 13.0 Å². The third kappa shape index (κ3) is 7.98. The molecule has 1 atom stereocenters. The highest BCUT2D eigenvalue weighted by atomic mass is 32.2. The molecule has 8 nitrogen and oxygen atoms in total. The number of nitrogens with two attached hydrogens (primary N) is 1. The van der Waals surface area contributed by atoms with Gasteiger partial charge in [0.1, 0.15) is 6.04 Å². The molecule has 0 aliphatic carbocycles. The van der Waals surface area contributed by atoms with Gasteiger partial charge in [-0.3, -0.25) is 9.59 Å². The standard InChI is InChI=1S/C9H18N2O6S/c1-2-17-5-6-18(15,16)11-7(9(13)14)3-4-8(10)12/h7,11H,2-6H2,1H3,(H2,10,12)(H,13,14)/t7-/m1/s1. The number of ether oxygens (including phenoxy) is 1. The van der Waals surface area contributed by atoms with Gasteiger partial charge >= 0.3 is 5.97 Å². The molecule has 0 saturated carbocycles. The Morgan fingerprint density at radius 1 is 1.44 bits per heavy atom. The lowest BCUT2D eigenvalue weighted by Crippen LogP contribution is -2.43. The molecule has 0 aromatic rings. The van der Waals surface area contributed by atoms with Gasteiger partial charge in [0.25, 0.3) is 0 Å². The van der Waals surface area contributed by atoms with Crippen molar-refractivity contribution in [2.75, 3.05) is 19.0 Å². The Bertz CT molecular complexity index is 381. The third-order valence-corrected chi connectivity index (χ3v) is 3.35. The number of carbonyl (C=O) groups is 2. The number of rotatable bonds is 10. The van der Waals surface area contributed by atoms with Crippen LogP contribution in [0, 0.1) is 0 Å². The summed E-state index contributed by atoms with van der Waals surface area (Å²) in [6, 6.07) is -1.36. The van der Waals surface area contributed by atoms with Gasteiger partial charge in [0.05, 0.1) is 12.4 Å². The van der Waals surface area contributed by atoms with Crippen molar-refractivity contribution in [3.63, 3.8) is 0 Å². The van der Waals surface area contributed by atoms with Crippen molar-refractivity contribution < 1.29 is 27.9 Å². The van der Waals surface area contributed by atoms with Crippen LogP contribution in [0.4, 0.5) is 0 Å². The minimum Gasteiger partial charge on any atom is -0.480 e. The number of nitrogens with one attached hydrogen (secondary N) is 1. The van der Waals surface area contributed by atoms with Crippen molar-refractivity contribution in [3.05, 3.63) is 0 Å². The number of aliphatic carboxylic acids is 1. The van der Waals surface area contributed by atoms with Crippen LogP contribution in [0.2, 0.25) is 0 Å². The second-order valence-corrected chi connectivity index (χ2v) is 5.40.